The van der Waals surface area contributed by atoms with Gasteiger partial charge in [-0.25, -0.2) is 17.8 Å². The molecule has 0 aliphatic rings. The van der Waals surface area contributed by atoms with Gasteiger partial charge in [-0.3, -0.25) is 4.72 Å². The van der Waals surface area contributed by atoms with Gasteiger partial charge in [0, 0.05) is 11.9 Å². The summed E-state index contributed by atoms with van der Waals surface area (Å²) >= 11 is 0. The number of aromatic nitrogens is 1. The summed E-state index contributed by atoms with van der Waals surface area (Å²) < 4.78 is 39.8. The molecule has 0 bridgehead atoms. The predicted octanol–water partition coefficient (Wildman–Crippen LogP) is 1.91. The highest BCUT2D eigenvalue weighted by molar-refractivity contribution is 7.92. The Kier molecular flexibility index (Phi) is 3.39. The van der Waals surface area contributed by atoms with Crippen LogP contribution >= 0.6 is 0 Å². The van der Waals surface area contributed by atoms with Crippen molar-refractivity contribution in [3.8, 4) is 0 Å². The van der Waals surface area contributed by atoms with Crippen molar-refractivity contribution in [1.82, 2.24) is 4.98 Å². The van der Waals surface area contributed by atoms with Crippen LogP contribution in [0.15, 0.2) is 41.4 Å². The van der Waals surface area contributed by atoms with E-state index in [1.807, 2.05) is 6.92 Å². The molecule has 2 aromatic rings. The number of rotatable bonds is 3. The molecule has 3 N–H and O–H groups in total. The lowest BCUT2D eigenvalue weighted by atomic mass is 10.3. The van der Waals surface area contributed by atoms with Crippen LogP contribution in [0, 0.1) is 12.7 Å². The number of nitrogen functional groups attached to an aromatic ring is 1. The summed E-state index contributed by atoms with van der Waals surface area (Å²) in [5, 5.41) is 0. The van der Waals surface area contributed by atoms with Crippen LogP contribution in [0.25, 0.3) is 0 Å². The van der Waals surface area contributed by atoms with Crippen molar-refractivity contribution < 1.29 is 12.8 Å². The molecule has 1 heterocycles. The van der Waals surface area contributed by atoms with E-state index in [-0.39, 0.29) is 11.5 Å². The quantitative estimate of drug-likeness (QED) is 0.842. The maximum absolute atomic E-state index is 13.6. The second-order valence-electron chi connectivity index (χ2n) is 4.02. The van der Waals surface area contributed by atoms with Crippen LogP contribution in [0.1, 0.15) is 5.56 Å². The van der Waals surface area contributed by atoms with E-state index in [0.29, 0.717) is 0 Å². The molecule has 0 fully saturated rings. The minimum atomic E-state index is -4.02. The van der Waals surface area contributed by atoms with Gasteiger partial charge in [0.05, 0.1) is 0 Å². The predicted molar refractivity (Wildman–Crippen MR) is 70.6 cm³/mol. The molecular formula is C12H12FN3O2S. The molecule has 0 atom stereocenters. The summed E-state index contributed by atoms with van der Waals surface area (Å²) in [5.74, 6) is -0.776. The van der Waals surface area contributed by atoms with E-state index in [4.69, 9.17) is 5.73 Å². The van der Waals surface area contributed by atoms with Crippen molar-refractivity contribution in [3.05, 3.63) is 47.9 Å². The molecule has 5 nitrogen and oxygen atoms in total. The molecule has 1 aromatic heterocycles. The smallest absolute Gasteiger partial charge is 0.265 e. The molecule has 0 spiro atoms. The van der Waals surface area contributed by atoms with Crippen LogP contribution in [-0.2, 0) is 10.0 Å². The largest absolute Gasteiger partial charge is 0.399 e. The molecule has 1 aromatic carbocycles. The fraction of sp³-hybridized carbons (Fsp3) is 0.0833. The van der Waals surface area contributed by atoms with Gasteiger partial charge >= 0.3 is 0 Å². The van der Waals surface area contributed by atoms with Gasteiger partial charge in [0.2, 0.25) is 0 Å². The lowest BCUT2D eigenvalue weighted by Crippen LogP contribution is -2.15. The van der Waals surface area contributed by atoms with E-state index >= 15 is 0 Å². The second-order valence-corrected chi connectivity index (χ2v) is 5.67. The molecular weight excluding hydrogens is 269 g/mol. The number of nitrogens with one attached hydrogen (secondary N) is 1. The molecule has 0 aliphatic heterocycles. The van der Waals surface area contributed by atoms with E-state index in [9.17, 15) is 12.8 Å². The van der Waals surface area contributed by atoms with Crippen LogP contribution in [-0.4, -0.2) is 13.4 Å². The summed E-state index contributed by atoms with van der Waals surface area (Å²) in [4.78, 5) is 3.43. The molecule has 0 saturated heterocycles. The van der Waals surface area contributed by atoms with Crippen LogP contribution in [0.4, 0.5) is 15.9 Å². The van der Waals surface area contributed by atoms with Gasteiger partial charge in [-0.2, -0.15) is 0 Å². The summed E-state index contributed by atoms with van der Waals surface area (Å²) in [6.07, 6.45) is 1.51. The average molecular weight is 281 g/mol. The molecule has 0 radical (unpaired) electrons. The minimum Gasteiger partial charge on any atom is -0.399 e. The van der Waals surface area contributed by atoms with Crippen molar-refractivity contribution in [2.45, 2.75) is 11.8 Å². The Morgan fingerprint density at radius 2 is 2.00 bits per heavy atom. The van der Waals surface area contributed by atoms with Gasteiger partial charge in [0.15, 0.2) is 0 Å². The van der Waals surface area contributed by atoms with Gasteiger partial charge in [-0.1, -0.05) is 6.07 Å². The third-order valence-corrected chi connectivity index (χ3v) is 3.78. The molecule has 19 heavy (non-hydrogen) atoms. The Labute approximate surface area is 110 Å². The third kappa shape index (κ3) is 3.00. The van der Waals surface area contributed by atoms with Crippen molar-refractivity contribution in [3.63, 3.8) is 0 Å². The van der Waals surface area contributed by atoms with Crippen molar-refractivity contribution in [2.75, 3.05) is 10.5 Å². The number of anilines is 2. The first-order valence-corrected chi connectivity index (χ1v) is 6.87. The highest BCUT2D eigenvalue weighted by Gasteiger charge is 2.19. The number of aryl methyl sites for hydroxylation is 1. The number of nitrogens with two attached hydrogens (primary N) is 1. The van der Waals surface area contributed by atoms with E-state index in [1.165, 1.54) is 18.3 Å². The third-order valence-electron chi connectivity index (χ3n) is 2.40. The molecule has 2 rings (SSSR count). The molecule has 0 saturated carbocycles. The minimum absolute atomic E-state index is 0.127. The molecule has 0 amide bonds. The number of sulfonamides is 1. The molecule has 0 aliphatic carbocycles. The first-order valence-electron chi connectivity index (χ1n) is 5.39. The number of halogens is 1. The van der Waals surface area contributed by atoms with E-state index in [0.717, 1.165) is 17.7 Å². The van der Waals surface area contributed by atoms with Crippen molar-refractivity contribution in [1.29, 1.82) is 0 Å². The monoisotopic (exact) mass is 281 g/mol. The van der Waals surface area contributed by atoms with Crippen LogP contribution in [0.5, 0.6) is 0 Å². The fourth-order valence-corrected chi connectivity index (χ4v) is 2.52. The van der Waals surface area contributed by atoms with Gasteiger partial charge < -0.3 is 5.73 Å². The van der Waals surface area contributed by atoms with Crippen molar-refractivity contribution in [2.24, 2.45) is 0 Å². The van der Waals surface area contributed by atoms with E-state index in [1.54, 1.807) is 6.07 Å². The number of pyridine rings is 1. The Balaban J connectivity index is 2.35. The maximum Gasteiger partial charge on any atom is 0.265 e. The Morgan fingerprint density at radius 1 is 1.26 bits per heavy atom. The van der Waals surface area contributed by atoms with Gasteiger partial charge in [0.1, 0.15) is 16.5 Å². The lowest BCUT2D eigenvalue weighted by molar-refractivity contribution is 0.570. The Hall–Kier alpha value is -2.15. The van der Waals surface area contributed by atoms with Gasteiger partial charge in [-0.05, 0) is 36.8 Å². The fourth-order valence-electron chi connectivity index (χ4n) is 1.46. The van der Waals surface area contributed by atoms with Crippen LogP contribution in [0.3, 0.4) is 0 Å². The SMILES string of the molecule is Cc1ccc(NS(=O)(=O)c2ccc(N)cc2F)nc1. The standard InChI is InChI=1S/C12H12FN3O2S/c1-8-2-5-12(15-7-8)16-19(17,18)11-4-3-9(14)6-10(11)13/h2-7H,14H2,1H3,(H,15,16). The summed E-state index contributed by atoms with van der Waals surface area (Å²) in [6.45, 7) is 1.82. The van der Waals surface area contributed by atoms with Crippen LogP contribution < -0.4 is 10.5 Å². The van der Waals surface area contributed by atoms with Crippen LogP contribution in [0.2, 0.25) is 0 Å². The highest BCUT2D eigenvalue weighted by Crippen LogP contribution is 2.19. The average Bonchev–Trinajstić information content (AvgIpc) is 2.31. The zero-order chi connectivity index (χ0) is 14.0. The zero-order valence-electron chi connectivity index (χ0n) is 10.1. The molecule has 0 unspecified atom stereocenters. The first kappa shape index (κ1) is 13.3. The number of nitrogens with zero attached hydrogens (tertiary/aromatic N) is 1. The highest BCUT2D eigenvalue weighted by atomic mass is 32.2. The van der Waals surface area contributed by atoms with Gasteiger partial charge in [-0.15, -0.1) is 0 Å². The molecule has 100 valence electrons. The second kappa shape index (κ2) is 4.85. The number of hydrogen-bond donors (Lipinski definition) is 2. The number of benzene rings is 1. The number of hydrogen-bond acceptors (Lipinski definition) is 4. The Bertz CT molecular complexity index is 699. The van der Waals surface area contributed by atoms with E-state index < -0.39 is 20.7 Å². The summed E-state index contributed by atoms with van der Waals surface area (Å²) in [6, 6.07) is 6.59. The van der Waals surface area contributed by atoms with E-state index in [2.05, 4.69) is 9.71 Å². The molecule has 7 heteroatoms. The van der Waals surface area contributed by atoms with Gasteiger partial charge in [0.25, 0.3) is 10.0 Å². The summed E-state index contributed by atoms with van der Waals surface area (Å²) in [7, 11) is -4.02. The normalized spacial score (nSPS) is 11.3. The Morgan fingerprint density at radius 3 is 2.58 bits per heavy atom. The lowest BCUT2D eigenvalue weighted by Gasteiger charge is -2.08. The zero-order valence-corrected chi connectivity index (χ0v) is 10.9. The van der Waals surface area contributed by atoms with Crippen molar-refractivity contribution >= 4 is 21.5 Å². The maximum atomic E-state index is 13.6. The summed E-state index contributed by atoms with van der Waals surface area (Å²) in [5.41, 5.74) is 6.42. The first-order chi connectivity index (χ1) is 8.88. The topological polar surface area (TPSA) is 85.1 Å².